The first-order valence-corrected chi connectivity index (χ1v) is 6.72. The molecule has 0 aromatic heterocycles. The lowest BCUT2D eigenvalue weighted by molar-refractivity contribution is 0.0443. The number of halogens is 2. The summed E-state index contributed by atoms with van der Waals surface area (Å²) >= 11 is 5.88. The van der Waals surface area contributed by atoms with E-state index in [1.54, 1.807) is 6.07 Å². The number of nitrogens with zero attached hydrogens (tertiary/aromatic N) is 2. The van der Waals surface area contributed by atoms with Gasteiger partial charge in [0.2, 0.25) is 0 Å². The van der Waals surface area contributed by atoms with E-state index in [9.17, 15) is 4.39 Å². The molecule has 0 unspecified atom stereocenters. The Morgan fingerprint density at radius 3 is 2.90 bits per heavy atom. The molecule has 2 N–H and O–H groups in total. The minimum atomic E-state index is -0.417. The summed E-state index contributed by atoms with van der Waals surface area (Å²) in [6.07, 6.45) is 0. The average Bonchev–Trinajstić information content (AvgIpc) is 2.43. The Hall–Kier alpha value is -1.37. The van der Waals surface area contributed by atoms with Gasteiger partial charge in [0.15, 0.2) is 5.84 Å². The smallest absolute Gasteiger partial charge is 0.153 e. The van der Waals surface area contributed by atoms with E-state index in [2.05, 4.69) is 10.1 Å². The number of nitrogens with two attached hydrogens (primary N) is 1. The number of hydrogen-bond donors (Lipinski definition) is 1. The average molecular weight is 302 g/mol. The lowest BCUT2D eigenvalue weighted by atomic mass is 10.2. The molecule has 0 bridgehead atoms. The molecule has 1 fully saturated rings. The Kier molecular flexibility index (Phi) is 5.58. The van der Waals surface area contributed by atoms with Crippen LogP contribution >= 0.6 is 11.6 Å². The van der Waals surface area contributed by atoms with Gasteiger partial charge in [0.1, 0.15) is 12.4 Å². The third-order valence-electron chi connectivity index (χ3n) is 2.94. The van der Waals surface area contributed by atoms with Crippen LogP contribution in [0.2, 0.25) is 5.02 Å². The van der Waals surface area contributed by atoms with Crippen molar-refractivity contribution in [3.63, 3.8) is 0 Å². The van der Waals surface area contributed by atoms with Crippen molar-refractivity contribution in [3.05, 3.63) is 34.6 Å². The molecular formula is C13H17ClFN3O2. The van der Waals surface area contributed by atoms with Crippen LogP contribution in [-0.4, -0.2) is 43.6 Å². The van der Waals surface area contributed by atoms with Crippen molar-refractivity contribution in [2.75, 3.05) is 32.8 Å². The first-order valence-electron chi connectivity index (χ1n) is 6.34. The van der Waals surface area contributed by atoms with Gasteiger partial charge in [-0.1, -0.05) is 22.8 Å². The molecule has 7 heteroatoms. The normalized spacial score (nSPS) is 17.2. The summed E-state index contributed by atoms with van der Waals surface area (Å²) in [5, 5.41) is 4.09. The second-order valence-electron chi connectivity index (χ2n) is 4.44. The lowest BCUT2D eigenvalue weighted by Crippen LogP contribution is -2.41. The molecule has 1 saturated heterocycles. The predicted octanol–water partition coefficient (Wildman–Crippen LogP) is 1.60. The van der Waals surface area contributed by atoms with Crippen LogP contribution in [0.15, 0.2) is 23.4 Å². The number of amidine groups is 1. The van der Waals surface area contributed by atoms with E-state index in [1.165, 1.54) is 12.1 Å². The minimum absolute atomic E-state index is 0.0463. The highest BCUT2D eigenvalue weighted by Crippen LogP contribution is 2.19. The van der Waals surface area contributed by atoms with E-state index < -0.39 is 5.82 Å². The molecule has 1 aliphatic rings. The van der Waals surface area contributed by atoms with Gasteiger partial charge in [-0.2, -0.15) is 0 Å². The number of benzene rings is 1. The van der Waals surface area contributed by atoms with Gasteiger partial charge >= 0.3 is 0 Å². The predicted molar refractivity (Wildman–Crippen MR) is 75.1 cm³/mol. The van der Waals surface area contributed by atoms with Crippen LogP contribution in [0, 0.1) is 5.82 Å². The molecule has 2 rings (SSSR count). The summed E-state index contributed by atoms with van der Waals surface area (Å²) in [5.41, 5.74) is 6.04. The first kappa shape index (κ1) is 15.0. The molecule has 0 spiro atoms. The van der Waals surface area contributed by atoms with Crippen molar-refractivity contribution in [2.24, 2.45) is 10.9 Å². The molecule has 0 radical (unpaired) electrons. The second-order valence-corrected chi connectivity index (χ2v) is 4.85. The zero-order chi connectivity index (χ0) is 14.4. The second kappa shape index (κ2) is 7.42. The molecule has 20 heavy (non-hydrogen) atoms. The first-order chi connectivity index (χ1) is 9.66. The molecule has 1 aromatic rings. The molecule has 1 heterocycles. The largest absolute Gasteiger partial charge is 0.389 e. The van der Waals surface area contributed by atoms with Crippen LogP contribution < -0.4 is 5.73 Å². The molecular weight excluding hydrogens is 285 g/mol. The van der Waals surface area contributed by atoms with Crippen LogP contribution in [0.3, 0.4) is 0 Å². The molecule has 0 saturated carbocycles. The van der Waals surface area contributed by atoms with Crippen molar-refractivity contribution >= 4 is 17.4 Å². The Balaban J connectivity index is 1.83. The fourth-order valence-electron chi connectivity index (χ4n) is 1.87. The molecule has 0 amide bonds. The highest BCUT2D eigenvalue weighted by molar-refractivity contribution is 6.31. The highest BCUT2D eigenvalue weighted by atomic mass is 35.5. The molecule has 110 valence electrons. The van der Waals surface area contributed by atoms with Crippen molar-refractivity contribution in [2.45, 2.75) is 6.61 Å². The molecule has 5 nitrogen and oxygen atoms in total. The monoisotopic (exact) mass is 301 g/mol. The van der Waals surface area contributed by atoms with E-state index in [4.69, 9.17) is 26.9 Å². The summed E-state index contributed by atoms with van der Waals surface area (Å²) in [6.45, 7) is 3.48. The third-order valence-corrected chi connectivity index (χ3v) is 3.30. The van der Waals surface area contributed by atoms with Crippen molar-refractivity contribution < 1.29 is 14.0 Å². The topological polar surface area (TPSA) is 60.1 Å². The number of hydrogen-bond acceptors (Lipinski definition) is 4. The quantitative estimate of drug-likeness (QED) is 0.510. The van der Waals surface area contributed by atoms with E-state index in [0.29, 0.717) is 30.6 Å². The van der Waals surface area contributed by atoms with Gasteiger partial charge in [-0.3, -0.25) is 4.90 Å². The minimum Gasteiger partial charge on any atom is -0.389 e. The molecule has 0 atom stereocenters. The number of ether oxygens (including phenoxy) is 1. The fraction of sp³-hybridized carbons (Fsp3) is 0.462. The van der Waals surface area contributed by atoms with Gasteiger partial charge in [0.05, 0.1) is 24.8 Å². The Bertz CT molecular complexity index is 458. The molecule has 1 aliphatic heterocycles. The zero-order valence-corrected chi connectivity index (χ0v) is 11.8. The van der Waals surface area contributed by atoms with Crippen LogP contribution in [0.25, 0.3) is 0 Å². The third kappa shape index (κ3) is 4.33. The lowest BCUT2D eigenvalue weighted by Gasteiger charge is -2.25. The van der Waals surface area contributed by atoms with Crippen LogP contribution in [0.4, 0.5) is 4.39 Å². The van der Waals surface area contributed by atoms with Crippen molar-refractivity contribution in [1.82, 2.24) is 4.90 Å². The van der Waals surface area contributed by atoms with Crippen molar-refractivity contribution in [3.8, 4) is 0 Å². The van der Waals surface area contributed by atoms with E-state index in [1.807, 2.05) is 0 Å². The van der Waals surface area contributed by atoms with E-state index in [0.717, 1.165) is 13.1 Å². The Labute approximate surface area is 122 Å². The number of morpholine rings is 1. The Morgan fingerprint density at radius 2 is 2.20 bits per heavy atom. The van der Waals surface area contributed by atoms with Crippen LogP contribution in [0.1, 0.15) is 5.56 Å². The molecule has 0 aliphatic carbocycles. The van der Waals surface area contributed by atoms with Crippen LogP contribution in [0.5, 0.6) is 0 Å². The maximum absolute atomic E-state index is 13.5. The highest BCUT2D eigenvalue weighted by Gasteiger charge is 2.12. The number of oxime groups is 1. The summed E-state index contributed by atoms with van der Waals surface area (Å²) < 4.78 is 18.7. The SMILES string of the molecule is N/C(CN1CCOCC1)=N\OCc1c(F)cccc1Cl. The summed E-state index contributed by atoms with van der Waals surface area (Å²) in [4.78, 5) is 7.18. The van der Waals surface area contributed by atoms with Crippen LogP contribution in [-0.2, 0) is 16.2 Å². The zero-order valence-electron chi connectivity index (χ0n) is 11.0. The van der Waals surface area contributed by atoms with Gasteiger partial charge in [0, 0.05) is 18.7 Å². The Morgan fingerprint density at radius 1 is 1.45 bits per heavy atom. The maximum atomic E-state index is 13.5. The summed E-state index contributed by atoms with van der Waals surface area (Å²) in [5.74, 6) is -0.0705. The summed E-state index contributed by atoms with van der Waals surface area (Å²) in [7, 11) is 0. The fourth-order valence-corrected chi connectivity index (χ4v) is 2.08. The standard InChI is InChI=1S/C13H17ClFN3O2/c14-11-2-1-3-12(15)10(11)9-20-17-13(16)8-18-4-6-19-7-5-18/h1-3H,4-9H2,(H2,16,17). The van der Waals surface area contributed by atoms with Crippen molar-refractivity contribution in [1.29, 1.82) is 0 Å². The molecule has 1 aromatic carbocycles. The van der Waals surface area contributed by atoms with E-state index >= 15 is 0 Å². The number of rotatable bonds is 5. The van der Waals surface area contributed by atoms with Gasteiger partial charge in [-0.15, -0.1) is 0 Å². The summed E-state index contributed by atoms with van der Waals surface area (Å²) in [6, 6.07) is 4.47. The van der Waals surface area contributed by atoms with E-state index in [-0.39, 0.29) is 12.2 Å². The maximum Gasteiger partial charge on any atom is 0.153 e. The van der Waals surface area contributed by atoms with Gasteiger partial charge in [0.25, 0.3) is 0 Å². The van der Waals surface area contributed by atoms with Gasteiger partial charge < -0.3 is 15.3 Å². The van der Waals surface area contributed by atoms with Gasteiger partial charge in [-0.05, 0) is 12.1 Å². The van der Waals surface area contributed by atoms with Gasteiger partial charge in [-0.25, -0.2) is 4.39 Å².